The zero-order valence-corrected chi connectivity index (χ0v) is 12.8. The second kappa shape index (κ2) is 6.41. The van der Waals surface area contributed by atoms with Gasteiger partial charge in [0.1, 0.15) is 3.53 Å². The predicted octanol–water partition coefficient (Wildman–Crippen LogP) is 5.47. The predicted molar refractivity (Wildman–Crippen MR) is 86.7 cm³/mol. The molecule has 0 fully saturated rings. The first-order chi connectivity index (χ1) is 8.66. The van der Waals surface area contributed by atoms with Crippen LogP contribution in [0.2, 0.25) is 0 Å². The lowest BCUT2D eigenvalue weighted by atomic mass is 10.2. The summed E-state index contributed by atoms with van der Waals surface area (Å²) in [5.41, 5.74) is 2.55. The van der Waals surface area contributed by atoms with E-state index in [1.807, 2.05) is 0 Å². The topological polar surface area (TPSA) is 0 Å². The smallest absolute Gasteiger partial charge is 0.0708 e. The zero-order valence-electron chi connectivity index (χ0n) is 10.3. The fourth-order valence-corrected chi connectivity index (χ4v) is 3.90. The first kappa shape index (κ1) is 13.7. The van der Waals surface area contributed by atoms with Gasteiger partial charge in [-0.25, -0.2) is 0 Å². The average molecular weight is 290 g/mol. The maximum Gasteiger partial charge on any atom is 0.113 e. The number of rotatable bonds is 2. The summed E-state index contributed by atoms with van der Waals surface area (Å²) in [5.74, 6) is 0. The standard InChI is InChI=1S/C15H14S3/c1-11-7-3-5-9-13(11)17-15(16)18-14-10-6-4-8-12(14)2/h3-10H,1-2H3. The maximum absolute atomic E-state index is 5.46. The number of thioether (sulfide) groups is 2. The quantitative estimate of drug-likeness (QED) is 0.531. The van der Waals surface area contributed by atoms with E-state index in [1.165, 1.54) is 20.9 Å². The highest BCUT2D eigenvalue weighted by Gasteiger charge is 2.06. The molecule has 2 rings (SSSR count). The van der Waals surface area contributed by atoms with Gasteiger partial charge in [-0.1, -0.05) is 72.1 Å². The SMILES string of the molecule is Cc1ccccc1SC(=S)Sc1ccccc1C. The van der Waals surface area contributed by atoms with Crippen molar-refractivity contribution in [2.24, 2.45) is 0 Å². The molecule has 0 aliphatic rings. The van der Waals surface area contributed by atoms with Gasteiger partial charge >= 0.3 is 0 Å². The molecule has 18 heavy (non-hydrogen) atoms. The van der Waals surface area contributed by atoms with Crippen molar-refractivity contribution in [1.82, 2.24) is 0 Å². The Morgan fingerprint density at radius 2 is 1.17 bits per heavy atom. The molecule has 0 saturated carbocycles. The highest BCUT2D eigenvalue weighted by atomic mass is 32.2. The van der Waals surface area contributed by atoms with Gasteiger partial charge in [0.05, 0.1) is 0 Å². The van der Waals surface area contributed by atoms with Crippen LogP contribution in [-0.2, 0) is 0 Å². The van der Waals surface area contributed by atoms with E-state index in [0.717, 1.165) is 3.53 Å². The molecule has 0 N–H and O–H groups in total. The summed E-state index contributed by atoms with van der Waals surface area (Å²) in [6, 6.07) is 16.7. The second-order valence-corrected chi connectivity index (χ2v) is 7.27. The molecule has 0 heterocycles. The summed E-state index contributed by atoms with van der Waals surface area (Å²) < 4.78 is 0.943. The van der Waals surface area contributed by atoms with Crippen molar-refractivity contribution in [1.29, 1.82) is 0 Å². The maximum atomic E-state index is 5.46. The second-order valence-electron chi connectivity index (χ2n) is 3.99. The van der Waals surface area contributed by atoms with Gasteiger partial charge in [0.25, 0.3) is 0 Å². The van der Waals surface area contributed by atoms with Crippen LogP contribution in [0.15, 0.2) is 58.3 Å². The van der Waals surface area contributed by atoms with Crippen LogP contribution in [0.5, 0.6) is 0 Å². The van der Waals surface area contributed by atoms with Crippen LogP contribution in [0.1, 0.15) is 11.1 Å². The van der Waals surface area contributed by atoms with Crippen LogP contribution < -0.4 is 0 Å². The molecule has 0 nitrogen and oxygen atoms in total. The third kappa shape index (κ3) is 3.61. The van der Waals surface area contributed by atoms with Gasteiger partial charge in [-0.3, -0.25) is 0 Å². The lowest BCUT2D eigenvalue weighted by Gasteiger charge is -2.07. The lowest BCUT2D eigenvalue weighted by molar-refractivity contribution is 1.31. The van der Waals surface area contributed by atoms with Crippen LogP contribution in [-0.4, -0.2) is 3.53 Å². The van der Waals surface area contributed by atoms with Crippen molar-refractivity contribution in [3.8, 4) is 0 Å². The lowest BCUT2D eigenvalue weighted by Crippen LogP contribution is -1.86. The van der Waals surface area contributed by atoms with Crippen LogP contribution in [0, 0.1) is 13.8 Å². The Morgan fingerprint density at radius 1 is 0.778 bits per heavy atom. The molecule has 2 aromatic carbocycles. The van der Waals surface area contributed by atoms with E-state index >= 15 is 0 Å². The molecular formula is C15H14S3. The molecule has 92 valence electrons. The number of hydrogen-bond acceptors (Lipinski definition) is 3. The van der Waals surface area contributed by atoms with Crippen molar-refractivity contribution in [3.63, 3.8) is 0 Å². The molecule has 0 unspecified atom stereocenters. The Morgan fingerprint density at radius 3 is 1.56 bits per heavy atom. The minimum atomic E-state index is 0.943. The van der Waals surface area contributed by atoms with Gasteiger partial charge in [-0.2, -0.15) is 0 Å². The van der Waals surface area contributed by atoms with Crippen molar-refractivity contribution in [3.05, 3.63) is 59.7 Å². The summed E-state index contributed by atoms with van der Waals surface area (Å²) in [7, 11) is 0. The fraction of sp³-hybridized carbons (Fsp3) is 0.133. The van der Waals surface area contributed by atoms with E-state index in [9.17, 15) is 0 Å². The molecule has 0 amide bonds. The van der Waals surface area contributed by atoms with E-state index in [-0.39, 0.29) is 0 Å². The molecule has 0 bridgehead atoms. The summed E-state index contributed by atoms with van der Waals surface area (Å²) in [6.45, 7) is 4.23. The number of hydrogen-bond donors (Lipinski definition) is 0. The van der Waals surface area contributed by atoms with E-state index in [2.05, 4.69) is 62.4 Å². The van der Waals surface area contributed by atoms with E-state index in [4.69, 9.17) is 12.2 Å². The summed E-state index contributed by atoms with van der Waals surface area (Å²) in [6.07, 6.45) is 0. The molecule has 0 spiro atoms. The summed E-state index contributed by atoms with van der Waals surface area (Å²) in [4.78, 5) is 2.48. The Balaban J connectivity index is 2.06. The molecule has 0 atom stereocenters. The Hall–Kier alpha value is -0.770. The largest absolute Gasteiger partial charge is 0.113 e. The van der Waals surface area contributed by atoms with E-state index in [1.54, 1.807) is 23.5 Å². The first-order valence-electron chi connectivity index (χ1n) is 5.68. The average Bonchev–Trinajstić information content (AvgIpc) is 2.35. The van der Waals surface area contributed by atoms with Gasteiger partial charge in [-0.15, -0.1) is 0 Å². The molecule has 0 aliphatic carbocycles. The van der Waals surface area contributed by atoms with Crippen LogP contribution in [0.25, 0.3) is 0 Å². The highest BCUT2D eigenvalue weighted by Crippen LogP contribution is 2.33. The van der Waals surface area contributed by atoms with Gasteiger partial charge in [0.15, 0.2) is 0 Å². The van der Waals surface area contributed by atoms with Crippen LogP contribution in [0.4, 0.5) is 0 Å². The van der Waals surface area contributed by atoms with Crippen molar-refractivity contribution < 1.29 is 0 Å². The molecular weight excluding hydrogens is 276 g/mol. The fourth-order valence-electron chi connectivity index (χ4n) is 1.54. The number of thiocarbonyl (C=S) groups is 1. The van der Waals surface area contributed by atoms with Gasteiger partial charge in [-0.05, 0) is 37.1 Å². The van der Waals surface area contributed by atoms with Gasteiger partial charge in [0, 0.05) is 9.79 Å². The third-order valence-corrected chi connectivity index (χ3v) is 5.26. The monoisotopic (exact) mass is 290 g/mol. The van der Waals surface area contributed by atoms with E-state index in [0.29, 0.717) is 0 Å². The molecule has 0 aromatic heterocycles. The molecule has 0 radical (unpaired) electrons. The van der Waals surface area contributed by atoms with Gasteiger partial charge in [0.2, 0.25) is 0 Å². The minimum absolute atomic E-state index is 0.943. The highest BCUT2D eigenvalue weighted by molar-refractivity contribution is 8.47. The molecule has 3 heteroatoms. The van der Waals surface area contributed by atoms with Crippen molar-refractivity contribution in [2.75, 3.05) is 0 Å². The Kier molecular flexibility index (Phi) is 4.87. The van der Waals surface area contributed by atoms with Gasteiger partial charge < -0.3 is 0 Å². The number of benzene rings is 2. The zero-order chi connectivity index (χ0) is 13.0. The van der Waals surface area contributed by atoms with E-state index < -0.39 is 0 Å². The number of aryl methyl sites for hydroxylation is 2. The van der Waals surface area contributed by atoms with Crippen LogP contribution >= 0.6 is 35.7 Å². The van der Waals surface area contributed by atoms with Crippen LogP contribution in [0.3, 0.4) is 0 Å². The van der Waals surface area contributed by atoms with Crippen molar-refractivity contribution in [2.45, 2.75) is 23.6 Å². The normalized spacial score (nSPS) is 10.3. The summed E-state index contributed by atoms with van der Waals surface area (Å²) in [5, 5.41) is 0. The first-order valence-corrected chi connectivity index (χ1v) is 7.72. The Bertz CT molecular complexity index is 512. The molecule has 0 aliphatic heterocycles. The third-order valence-electron chi connectivity index (χ3n) is 2.57. The van der Waals surface area contributed by atoms with Crippen molar-refractivity contribution >= 4 is 39.3 Å². The molecule has 2 aromatic rings. The minimum Gasteiger partial charge on any atom is -0.0708 e. The Labute approximate surface area is 122 Å². The molecule has 0 saturated heterocycles. The summed E-state index contributed by atoms with van der Waals surface area (Å²) >= 11 is 8.80.